The van der Waals surface area contributed by atoms with E-state index in [2.05, 4.69) is 10.3 Å². The van der Waals surface area contributed by atoms with E-state index in [1.807, 2.05) is 4.90 Å². The molecule has 2 aliphatic rings. The zero-order valence-electron chi connectivity index (χ0n) is 23.8. The standard InChI is InChI=1S/C32H30BF4N3O4/c34-22-5-1-20(2-6-22)29(41)33-15-11-23(12-16-33)38-30(42)31-39-27-10-9-26(19-28(27)44-31)43-25-13-17-40(18-14-25)24-7-3-21(4-8-24)32(35,36)37/h1-10,19,23,25H,11-18H2,(H,38,42). The molecule has 3 aromatic carbocycles. The Kier molecular flexibility index (Phi) is 8.33. The highest BCUT2D eigenvalue weighted by atomic mass is 19.4. The normalized spacial score (nSPS) is 16.7. The summed E-state index contributed by atoms with van der Waals surface area (Å²) in [5.74, 6) is -0.273. The van der Waals surface area contributed by atoms with E-state index in [-0.39, 0.29) is 36.2 Å². The Labute approximate surface area is 251 Å². The minimum absolute atomic E-state index is 0.00328. The lowest BCUT2D eigenvalue weighted by atomic mass is 9.37. The van der Waals surface area contributed by atoms with Crippen LogP contribution in [0.2, 0.25) is 12.6 Å². The van der Waals surface area contributed by atoms with Crippen LogP contribution >= 0.6 is 0 Å². The van der Waals surface area contributed by atoms with Crippen LogP contribution in [0.3, 0.4) is 0 Å². The van der Waals surface area contributed by atoms with Crippen LogP contribution in [0.1, 0.15) is 52.3 Å². The number of nitrogens with one attached hydrogen (secondary N) is 1. The van der Waals surface area contributed by atoms with Gasteiger partial charge in [0, 0.05) is 49.3 Å². The predicted octanol–water partition coefficient (Wildman–Crippen LogP) is 6.84. The summed E-state index contributed by atoms with van der Waals surface area (Å²) in [6, 6.07) is 15.9. The fourth-order valence-electron chi connectivity index (χ4n) is 5.96. The Morgan fingerprint density at radius 2 is 1.61 bits per heavy atom. The largest absolute Gasteiger partial charge is 0.490 e. The number of carbonyl (C=O) groups is 2. The minimum atomic E-state index is -4.36. The molecule has 0 radical (unpaired) electrons. The first-order chi connectivity index (χ1) is 21.1. The molecule has 44 heavy (non-hydrogen) atoms. The SMILES string of the molecule is O=C(B1CCC(NC(=O)c2nc3ccc(OC4CCN(c5ccc(C(F)(F)F)cc5)CC4)cc3o2)CC1)c1ccc(F)cc1. The molecule has 2 saturated heterocycles. The molecular weight excluding hydrogens is 577 g/mol. The molecule has 7 nitrogen and oxygen atoms in total. The molecule has 0 unspecified atom stereocenters. The summed E-state index contributed by atoms with van der Waals surface area (Å²) in [4.78, 5) is 32.0. The molecule has 0 spiro atoms. The van der Waals surface area contributed by atoms with Gasteiger partial charge in [0.2, 0.25) is 6.71 Å². The molecular formula is C32H30BF4N3O4. The van der Waals surface area contributed by atoms with Crippen molar-refractivity contribution in [3.8, 4) is 5.75 Å². The Balaban J connectivity index is 0.993. The van der Waals surface area contributed by atoms with Crippen molar-refractivity contribution in [2.75, 3.05) is 18.0 Å². The maximum atomic E-state index is 13.2. The summed E-state index contributed by atoms with van der Waals surface area (Å²) in [5, 5.41) is 2.96. The number of oxazole rings is 1. The molecule has 1 N–H and O–H groups in total. The van der Waals surface area contributed by atoms with Crippen molar-refractivity contribution >= 4 is 35.1 Å². The van der Waals surface area contributed by atoms with Crippen molar-refractivity contribution in [2.45, 2.75) is 56.6 Å². The van der Waals surface area contributed by atoms with Gasteiger partial charge in [-0.3, -0.25) is 4.79 Å². The molecule has 2 fully saturated rings. The second-order valence-electron chi connectivity index (χ2n) is 11.4. The zero-order chi connectivity index (χ0) is 30.8. The lowest BCUT2D eigenvalue weighted by Crippen LogP contribution is -2.41. The van der Waals surface area contributed by atoms with Crippen LogP contribution < -0.4 is 15.0 Å². The zero-order valence-corrected chi connectivity index (χ0v) is 23.8. The van der Waals surface area contributed by atoms with E-state index < -0.39 is 17.6 Å². The van der Waals surface area contributed by atoms with Gasteiger partial charge in [0.1, 0.15) is 28.9 Å². The monoisotopic (exact) mass is 607 g/mol. The highest BCUT2D eigenvalue weighted by Crippen LogP contribution is 2.32. The van der Waals surface area contributed by atoms with Crippen molar-refractivity contribution in [1.29, 1.82) is 0 Å². The number of alkyl halides is 3. The molecule has 1 aromatic heterocycles. The minimum Gasteiger partial charge on any atom is -0.490 e. The molecule has 0 saturated carbocycles. The van der Waals surface area contributed by atoms with E-state index in [0.717, 1.165) is 17.8 Å². The molecule has 0 bridgehead atoms. The summed E-state index contributed by atoms with van der Waals surface area (Å²) < 4.78 is 63.7. The number of rotatable bonds is 7. The summed E-state index contributed by atoms with van der Waals surface area (Å²) in [7, 11) is 0. The fourth-order valence-corrected chi connectivity index (χ4v) is 5.96. The number of carbonyl (C=O) groups excluding carboxylic acids is 2. The van der Waals surface area contributed by atoms with Crippen LogP contribution in [0.25, 0.3) is 11.1 Å². The number of nitrogens with zero attached hydrogens (tertiary/aromatic N) is 2. The first-order valence-electron chi connectivity index (χ1n) is 14.7. The second kappa shape index (κ2) is 12.3. The number of hydrogen-bond acceptors (Lipinski definition) is 6. The van der Waals surface area contributed by atoms with Crippen molar-refractivity contribution in [3.63, 3.8) is 0 Å². The number of aromatic nitrogens is 1. The van der Waals surface area contributed by atoms with Crippen molar-refractivity contribution < 1.29 is 36.3 Å². The Morgan fingerprint density at radius 3 is 2.27 bits per heavy atom. The predicted molar refractivity (Wildman–Crippen MR) is 158 cm³/mol. The van der Waals surface area contributed by atoms with Gasteiger partial charge in [-0.15, -0.1) is 0 Å². The van der Waals surface area contributed by atoms with Crippen LogP contribution in [0.4, 0.5) is 23.2 Å². The Morgan fingerprint density at radius 1 is 0.932 bits per heavy atom. The van der Waals surface area contributed by atoms with Crippen molar-refractivity contribution in [2.24, 2.45) is 0 Å². The number of halogens is 4. The highest BCUT2D eigenvalue weighted by Gasteiger charge is 2.32. The van der Waals surface area contributed by atoms with Crippen molar-refractivity contribution in [3.05, 3.63) is 89.6 Å². The lowest BCUT2D eigenvalue weighted by Gasteiger charge is -2.33. The number of fused-ring (bicyclic) bond motifs is 1. The quantitative estimate of drug-likeness (QED) is 0.183. The van der Waals surface area contributed by atoms with Gasteiger partial charge in [0.15, 0.2) is 5.58 Å². The molecule has 6 rings (SSSR count). The number of anilines is 1. The van der Waals surface area contributed by atoms with Gasteiger partial charge in [-0.05, 0) is 73.5 Å². The Bertz CT molecular complexity index is 1630. The molecule has 3 heterocycles. The van der Waals surface area contributed by atoms with Gasteiger partial charge in [-0.25, -0.2) is 9.37 Å². The van der Waals surface area contributed by atoms with Crippen LogP contribution in [0.5, 0.6) is 5.75 Å². The fraction of sp³-hybridized carbons (Fsp3) is 0.344. The average molecular weight is 607 g/mol. The van der Waals surface area contributed by atoms with E-state index in [1.54, 1.807) is 18.2 Å². The van der Waals surface area contributed by atoms with Gasteiger partial charge >= 0.3 is 12.1 Å². The highest BCUT2D eigenvalue weighted by molar-refractivity contribution is 6.92. The van der Waals surface area contributed by atoms with Crippen LogP contribution in [0, 0.1) is 5.82 Å². The van der Waals surface area contributed by atoms with Crippen LogP contribution in [-0.2, 0) is 6.18 Å². The Hall–Kier alpha value is -4.35. The van der Waals surface area contributed by atoms with E-state index in [0.29, 0.717) is 73.8 Å². The lowest BCUT2D eigenvalue weighted by molar-refractivity contribution is -0.137. The van der Waals surface area contributed by atoms with Gasteiger partial charge in [0.25, 0.3) is 5.89 Å². The third kappa shape index (κ3) is 6.74. The van der Waals surface area contributed by atoms with Gasteiger partial charge < -0.3 is 24.2 Å². The summed E-state index contributed by atoms with van der Waals surface area (Å²) in [6.45, 7) is 1.13. The maximum absolute atomic E-state index is 13.2. The summed E-state index contributed by atoms with van der Waals surface area (Å²) in [6.07, 6.45) is -0.517. The molecule has 2 aliphatic heterocycles. The second-order valence-corrected chi connectivity index (χ2v) is 11.4. The number of piperidine rings is 1. The summed E-state index contributed by atoms with van der Waals surface area (Å²) >= 11 is 0. The summed E-state index contributed by atoms with van der Waals surface area (Å²) in [5.41, 5.74) is 1.52. The number of hydrogen-bond donors (Lipinski definition) is 1. The topological polar surface area (TPSA) is 84.7 Å². The molecule has 0 atom stereocenters. The molecule has 4 aromatic rings. The van der Waals surface area contributed by atoms with Crippen LogP contribution in [0.15, 0.2) is 71.1 Å². The molecule has 228 valence electrons. The van der Waals surface area contributed by atoms with Gasteiger partial charge in [-0.1, -0.05) is 12.6 Å². The first kappa shape index (κ1) is 29.7. The average Bonchev–Trinajstić information content (AvgIpc) is 3.45. The van der Waals surface area contributed by atoms with E-state index in [9.17, 15) is 27.2 Å². The van der Waals surface area contributed by atoms with E-state index in [1.165, 1.54) is 36.4 Å². The van der Waals surface area contributed by atoms with Crippen molar-refractivity contribution in [1.82, 2.24) is 10.3 Å². The third-order valence-electron chi connectivity index (χ3n) is 8.42. The number of ether oxygens (including phenoxy) is 1. The third-order valence-corrected chi connectivity index (χ3v) is 8.42. The molecule has 12 heteroatoms. The van der Waals surface area contributed by atoms with Gasteiger partial charge in [-0.2, -0.15) is 13.2 Å². The maximum Gasteiger partial charge on any atom is 0.416 e. The molecule has 1 amide bonds. The van der Waals surface area contributed by atoms with E-state index in [4.69, 9.17) is 9.15 Å². The molecule has 0 aliphatic carbocycles. The first-order valence-corrected chi connectivity index (χ1v) is 14.7. The number of benzene rings is 3. The van der Waals surface area contributed by atoms with Crippen LogP contribution in [-0.4, -0.2) is 48.5 Å². The smallest absolute Gasteiger partial charge is 0.416 e. The number of amides is 1. The van der Waals surface area contributed by atoms with E-state index >= 15 is 0 Å². The van der Waals surface area contributed by atoms with Gasteiger partial charge in [0.05, 0.1) is 5.56 Å².